The fourth-order valence-electron chi connectivity index (χ4n) is 4.47. The maximum atomic E-state index is 12.9. The fourth-order valence-corrected chi connectivity index (χ4v) is 8.14. The van der Waals surface area contributed by atoms with Gasteiger partial charge in [-0.2, -0.15) is 0 Å². The molecule has 3 aromatic rings. The van der Waals surface area contributed by atoms with Crippen molar-refractivity contribution in [3.05, 3.63) is 43.0 Å². The van der Waals surface area contributed by atoms with Gasteiger partial charge in [0.25, 0.3) is 0 Å². The van der Waals surface area contributed by atoms with Crippen LogP contribution in [0.15, 0.2) is 47.9 Å². The minimum atomic E-state index is -2.23. The van der Waals surface area contributed by atoms with Crippen molar-refractivity contribution < 1.29 is 18.4 Å². The van der Waals surface area contributed by atoms with Gasteiger partial charge >= 0.3 is 0 Å². The first-order chi connectivity index (χ1) is 20.6. The molecule has 1 aliphatic heterocycles. The Morgan fingerprint density at radius 2 is 1.60 bits per heavy atom. The summed E-state index contributed by atoms with van der Waals surface area (Å²) >= 11 is 1.69. The van der Waals surface area contributed by atoms with Gasteiger partial charge in [-0.1, -0.05) is 92.3 Å². The summed E-state index contributed by atoms with van der Waals surface area (Å²) in [4.78, 5) is 26.9. The Balaban J connectivity index is 1.81. The molecule has 45 heavy (non-hydrogen) atoms. The molecule has 0 aliphatic carbocycles. The number of hydrogen-bond donors (Lipinski definition) is 1. The minimum Gasteiger partial charge on any atom is -0.413 e. The topological polar surface area (TPSA) is 100 Å². The number of anilines is 1. The second kappa shape index (κ2) is 12.5. The second-order valence-electron chi connectivity index (χ2n) is 16.3. The zero-order valence-corrected chi connectivity index (χ0v) is 32.3. The molecule has 248 valence electrons. The van der Waals surface area contributed by atoms with Gasteiger partial charge in [0.05, 0.1) is 19.0 Å². The third kappa shape index (κ3) is 7.90. The number of carbonyl (C=O) groups is 1. The predicted molar refractivity (Wildman–Crippen MR) is 188 cm³/mol. The number of ether oxygens (including phenoxy) is 1. The minimum absolute atomic E-state index is 0.00338. The van der Waals surface area contributed by atoms with E-state index in [9.17, 15) is 4.79 Å². The van der Waals surface area contributed by atoms with E-state index in [1.807, 2.05) is 31.4 Å². The summed E-state index contributed by atoms with van der Waals surface area (Å²) in [6.45, 7) is 28.6. The van der Waals surface area contributed by atoms with E-state index in [0.29, 0.717) is 30.0 Å². The van der Waals surface area contributed by atoms with Crippen LogP contribution in [0.5, 0.6) is 0 Å². The predicted octanol–water partition coefficient (Wildman–Crippen LogP) is 8.63. The van der Waals surface area contributed by atoms with Crippen LogP contribution in [0.2, 0.25) is 36.3 Å². The van der Waals surface area contributed by atoms with Gasteiger partial charge in [-0.3, -0.25) is 9.36 Å². The Morgan fingerprint density at radius 3 is 2.18 bits per heavy atom. The second-order valence-corrected chi connectivity index (χ2v) is 27.2. The number of thioether (sulfide) groups is 1. The van der Waals surface area contributed by atoms with E-state index in [1.54, 1.807) is 18.1 Å². The Kier molecular flexibility index (Phi) is 9.93. The van der Waals surface area contributed by atoms with Crippen molar-refractivity contribution in [3.63, 3.8) is 0 Å². The number of carbonyl (C=O) groups excluding carboxylic acids is 1. The maximum Gasteiger partial charge on any atom is 0.230 e. The quantitative estimate of drug-likeness (QED) is 0.226. The fraction of sp³-hybridized carbons (Fsp3) is 0.636. The maximum absolute atomic E-state index is 12.9. The SMILES string of the molecule is CC(C)(C)C(=O)Nc1ncnc2c1ncn2[C@@H]1O[C@@](CO[Si](C)(C)C(C)(C)C)(Sc2ccccc2)C[C@H]1O[Si](C)(C)C(C)(C)C. The lowest BCUT2D eigenvalue weighted by molar-refractivity contribution is -0.123. The van der Waals surface area contributed by atoms with Crippen LogP contribution < -0.4 is 5.32 Å². The summed E-state index contributed by atoms with van der Waals surface area (Å²) in [6.07, 6.45) is 3.01. The van der Waals surface area contributed by atoms with E-state index < -0.39 is 33.2 Å². The van der Waals surface area contributed by atoms with Crippen molar-refractivity contribution >= 4 is 51.3 Å². The highest BCUT2D eigenvalue weighted by atomic mass is 32.2. The van der Waals surface area contributed by atoms with Crippen LogP contribution in [0.25, 0.3) is 11.2 Å². The number of nitrogens with one attached hydrogen (secondary N) is 1. The van der Waals surface area contributed by atoms with Gasteiger partial charge < -0.3 is 18.9 Å². The summed E-state index contributed by atoms with van der Waals surface area (Å²) in [5.41, 5.74) is 0.499. The number of hydrogen-bond acceptors (Lipinski definition) is 8. The molecule has 1 aliphatic rings. The summed E-state index contributed by atoms with van der Waals surface area (Å²) in [7, 11) is -4.35. The molecule has 2 aromatic heterocycles. The first-order valence-corrected chi connectivity index (χ1v) is 22.4. The standard InChI is InChI=1S/C33H53N5O4SSi2/c1-30(2,3)29(39)37-26-25-27(35-21-34-26)38(22-36-25)28-24(42-45(12,13)32(7,8)9)19-33(41-28,43-23-17-15-14-16-18-23)20-40-44(10,11)31(4,5)6/h14-18,21-22,24,28H,19-20H2,1-13H3,(H,34,35,37,39)/t24-,28-,33-/m1/s1. The largest absolute Gasteiger partial charge is 0.413 e. The smallest absolute Gasteiger partial charge is 0.230 e. The average molecular weight is 672 g/mol. The third-order valence-corrected chi connectivity index (χ3v) is 19.7. The van der Waals surface area contributed by atoms with Crippen molar-refractivity contribution in [1.82, 2.24) is 19.5 Å². The van der Waals surface area contributed by atoms with Gasteiger partial charge in [0.1, 0.15) is 11.3 Å². The number of fused-ring (bicyclic) bond motifs is 1. The molecule has 0 radical (unpaired) electrons. The summed E-state index contributed by atoms with van der Waals surface area (Å²) < 4.78 is 23.2. The molecule has 4 rings (SSSR count). The van der Waals surface area contributed by atoms with E-state index in [-0.39, 0.29) is 22.1 Å². The molecular weight excluding hydrogens is 619 g/mol. The number of benzene rings is 1. The van der Waals surface area contributed by atoms with Gasteiger partial charge in [0.2, 0.25) is 5.91 Å². The first-order valence-electron chi connectivity index (χ1n) is 15.8. The highest BCUT2D eigenvalue weighted by molar-refractivity contribution is 8.00. The van der Waals surface area contributed by atoms with E-state index in [0.717, 1.165) is 4.90 Å². The summed E-state index contributed by atoms with van der Waals surface area (Å²) in [5, 5.41) is 2.99. The summed E-state index contributed by atoms with van der Waals surface area (Å²) in [5.74, 6) is 0.235. The van der Waals surface area contributed by atoms with E-state index >= 15 is 0 Å². The van der Waals surface area contributed by atoms with Crippen molar-refractivity contribution in [2.24, 2.45) is 5.41 Å². The van der Waals surface area contributed by atoms with Crippen LogP contribution in [-0.4, -0.2) is 59.7 Å². The van der Waals surface area contributed by atoms with Crippen LogP contribution >= 0.6 is 11.8 Å². The van der Waals surface area contributed by atoms with Gasteiger partial charge in [-0.15, -0.1) is 0 Å². The zero-order chi connectivity index (χ0) is 33.6. The molecule has 1 aromatic carbocycles. The molecule has 0 unspecified atom stereocenters. The van der Waals surface area contributed by atoms with Crippen LogP contribution in [0.1, 0.15) is 75.0 Å². The molecule has 1 amide bonds. The van der Waals surface area contributed by atoms with Crippen LogP contribution in [0, 0.1) is 5.41 Å². The molecule has 3 heterocycles. The Morgan fingerprint density at radius 1 is 0.978 bits per heavy atom. The van der Waals surface area contributed by atoms with Crippen LogP contribution in [0.3, 0.4) is 0 Å². The molecule has 1 N–H and O–H groups in total. The van der Waals surface area contributed by atoms with Crippen LogP contribution in [0.4, 0.5) is 5.82 Å². The monoisotopic (exact) mass is 671 g/mol. The first kappa shape index (κ1) is 35.8. The van der Waals surface area contributed by atoms with Crippen molar-refractivity contribution in [1.29, 1.82) is 0 Å². The zero-order valence-electron chi connectivity index (χ0n) is 29.4. The normalized spacial score (nSPS) is 21.8. The van der Waals surface area contributed by atoms with Crippen molar-refractivity contribution in [2.45, 2.75) is 127 Å². The van der Waals surface area contributed by atoms with Gasteiger partial charge in [0, 0.05) is 16.7 Å². The molecule has 0 spiro atoms. The van der Waals surface area contributed by atoms with Gasteiger partial charge in [-0.25, -0.2) is 15.0 Å². The Labute approximate surface area is 275 Å². The molecule has 12 heteroatoms. The Bertz CT molecular complexity index is 1490. The Hall–Kier alpha value is -2.10. The van der Waals surface area contributed by atoms with Crippen molar-refractivity contribution in [2.75, 3.05) is 11.9 Å². The molecule has 1 fully saturated rings. The number of nitrogens with zero attached hydrogens (tertiary/aromatic N) is 4. The van der Waals surface area contributed by atoms with E-state index in [2.05, 4.69) is 107 Å². The summed E-state index contributed by atoms with van der Waals surface area (Å²) in [6, 6.07) is 10.4. The van der Waals surface area contributed by atoms with Gasteiger partial charge in [-0.05, 0) is 48.4 Å². The lowest BCUT2D eigenvalue weighted by atomic mass is 9.96. The van der Waals surface area contributed by atoms with Crippen LogP contribution in [-0.2, 0) is 18.4 Å². The van der Waals surface area contributed by atoms with Gasteiger partial charge in [0.15, 0.2) is 39.8 Å². The molecule has 0 saturated carbocycles. The highest BCUT2D eigenvalue weighted by Crippen LogP contribution is 2.52. The third-order valence-electron chi connectivity index (χ3n) is 9.47. The van der Waals surface area contributed by atoms with E-state index in [4.69, 9.17) is 18.6 Å². The average Bonchev–Trinajstić information content (AvgIpc) is 3.48. The lowest BCUT2D eigenvalue weighted by Crippen LogP contribution is -2.46. The number of aromatic nitrogens is 4. The highest BCUT2D eigenvalue weighted by Gasteiger charge is 2.54. The molecule has 0 bridgehead atoms. The van der Waals surface area contributed by atoms with E-state index in [1.165, 1.54) is 6.33 Å². The van der Waals surface area contributed by atoms with Crippen molar-refractivity contribution in [3.8, 4) is 0 Å². The number of imidazole rings is 1. The molecular formula is C33H53N5O4SSi2. The lowest BCUT2D eigenvalue weighted by Gasteiger charge is -2.40. The number of rotatable bonds is 9. The molecule has 9 nitrogen and oxygen atoms in total. The molecule has 1 saturated heterocycles. The molecule has 3 atom stereocenters. The number of amides is 1.